The van der Waals surface area contributed by atoms with E-state index in [1.165, 1.54) is 64.8 Å². The zero-order chi connectivity index (χ0) is 16.9. The summed E-state index contributed by atoms with van der Waals surface area (Å²) in [5, 5.41) is 0. The quantitative estimate of drug-likeness (QED) is 0.800. The molecule has 0 aromatic carbocycles. The van der Waals surface area contributed by atoms with Crippen LogP contribution in [0.25, 0.3) is 0 Å². The lowest BCUT2D eigenvalue weighted by Gasteiger charge is -2.40. The third-order valence-corrected chi connectivity index (χ3v) is 7.02. The molecule has 3 fully saturated rings. The summed E-state index contributed by atoms with van der Waals surface area (Å²) in [6.45, 7) is 11.5. The van der Waals surface area contributed by atoms with Crippen molar-refractivity contribution < 1.29 is 4.74 Å². The first-order chi connectivity index (χ1) is 12.4. The van der Waals surface area contributed by atoms with Crippen LogP contribution < -0.4 is 0 Å². The Balaban J connectivity index is 1.28. The van der Waals surface area contributed by atoms with Crippen LogP contribution in [0.2, 0.25) is 0 Å². The zero-order valence-electron chi connectivity index (χ0n) is 15.5. The van der Waals surface area contributed by atoms with Gasteiger partial charge in [-0.05, 0) is 57.5 Å². The Morgan fingerprint density at radius 1 is 0.840 bits per heavy atom. The Bertz CT molecular complexity index is 523. The molecule has 3 aliphatic heterocycles. The molecular formula is C20H33N3OS. The number of likely N-dealkylation sites (tertiary alicyclic amines) is 2. The van der Waals surface area contributed by atoms with E-state index in [-0.39, 0.29) is 0 Å². The largest absolute Gasteiger partial charge is 0.379 e. The molecule has 140 valence electrons. The number of rotatable bonds is 5. The predicted molar refractivity (Wildman–Crippen MR) is 104 cm³/mol. The van der Waals surface area contributed by atoms with Gasteiger partial charge in [0.2, 0.25) is 0 Å². The van der Waals surface area contributed by atoms with Gasteiger partial charge in [-0.2, -0.15) is 0 Å². The average Bonchev–Trinajstić information content (AvgIpc) is 3.10. The van der Waals surface area contributed by atoms with E-state index >= 15 is 0 Å². The van der Waals surface area contributed by atoms with Gasteiger partial charge in [-0.15, -0.1) is 11.3 Å². The molecule has 4 nitrogen and oxygen atoms in total. The van der Waals surface area contributed by atoms with E-state index in [1.807, 2.05) is 11.3 Å². The minimum Gasteiger partial charge on any atom is -0.379 e. The van der Waals surface area contributed by atoms with Gasteiger partial charge in [0.1, 0.15) is 0 Å². The van der Waals surface area contributed by atoms with Crippen molar-refractivity contribution in [1.29, 1.82) is 0 Å². The van der Waals surface area contributed by atoms with Crippen molar-refractivity contribution in [3.63, 3.8) is 0 Å². The molecule has 0 unspecified atom stereocenters. The van der Waals surface area contributed by atoms with E-state index in [0.29, 0.717) is 0 Å². The highest BCUT2D eigenvalue weighted by Gasteiger charge is 2.26. The standard InChI is InChI=1S/C20H33N3OS/c1-2-8-21(9-3-1)16-19-6-7-20(25-19)17-22-10-4-5-18(15-22)23-11-13-24-14-12-23/h6-7,18H,1-5,8-17H2/t18-/m1/s1. The lowest BCUT2D eigenvalue weighted by molar-refractivity contribution is -0.00346. The predicted octanol–water partition coefficient (Wildman–Crippen LogP) is 3.03. The Morgan fingerprint density at radius 2 is 1.52 bits per heavy atom. The molecule has 3 saturated heterocycles. The first-order valence-corrected chi connectivity index (χ1v) is 11.0. The van der Waals surface area contributed by atoms with Crippen LogP contribution in [0.15, 0.2) is 12.1 Å². The van der Waals surface area contributed by atoms with Crippen molar-refractivity contribution in [1.82, 2.24) is 14.7 Å². The molecule has 5 heteroatoms. The van der Waals surface area contributed by atoms with E-state index in [9.17, 15) is 0 Å². The fraction of sp³-hybridized carbons (Fsp3) is 0.800. The van der Waals surface area contributed by atoms with E-state index < -0.39 is 0 Å². The maximum atomic E-state index is 5.52. The van der Waals surface area contributed by atoms with E-state index in [0.717, 1.165) is 38.9 Å². The molecule has 0 amide bonds. The van der Waals surface area contributed by atoms with Gasteiger partial charge in [0.15, 0.2) is 0 Å². The first kappa shape index (κ1) is 17.9. The zero-order valence-corrected chi connectivity index (χ0v) is 16.3. The monoisotopic (exact) mass is 363 g/mol. The molecule has 0 spiro atoms. The Hall–Kier alpha value is -0.460. The van der Waals surface area contributed by atoms with Gasteiger partial charge in [-0.25, -0.2) is 0 Å². The van der Waals surface area contributed by atoms with Crippen LogP contribution in [-0.4, -0.2) is 73.2 Å². The number of morpholine rings is 1. The molecule has 1 aromatic heterocycles. The van der Waals surface area contributed by atoms with Gasteiger partial charge in [0.25, 0.3) is 0 Å². The molecule has 4 heterocycles. The molecule has 25 heavy (non-hydrogen) atoms. The van der Waals surface area contributed by atoms with Crippen molar-refractivity contribution in [2.75, 3.05) is 52.5 Å². The lowest BCUT2D eigenvalue weighted by Crippen LogP contribution is -2.51. The number of hydrogen-bond acceptors (Lipinski definition) is 5. The molecule has 0 N–H and O–H groups in total. The maximum absolute atomic E-state index is 5.52. The SMILES string of the molecule is c1cc(CN2CCC[C@@H](N3CCOCC3)C2)sc1CN1CCCCC1. The summed E-state index contributed by atoms with van der Waals surface area (Å²) in [6.07, 6.45) is 6.89. The van der Waals surface area contributed by atoms with Crippen LogP contribution >= 0.6 is 11.3 Å². The fourth-order valence-corrected chi connectivity index (χ4v) is 5.67. The second-order valence-electron chi connectivity index (χ2n) is 7.88. The Kier molecular flexibility index (Phi) is 6.42. The van der Waals surface area contributed by atoms with Crippen LogP contribution in [0.1, 0.15) is 41.9 Å². The van der Waals surface area contributed by atoms with Crippen molar-refractivity contribution in [3.05, 3.63) is 21.9 Å². The van der Waals surface area contributed by atoms with Crippen molar-refractivity contribution in [3.8, 4) is 0 Å². The fourth-order valence-electron chi connectivity index (χ4n) is 4.57. The number of hydrogen-bond donors (Lipinski definition) is 0. The van der Waals surface area contributed by atoms with Crippen LogP contribution in [0.4, 0.5) is 0 Å². The van der Waals surface area contributed by atoms with Gasteiger partial charge >= 0.3 is 0 Å². The summed E-state index contributed by atoms with van der Waals surface area (Å²) in [7, 11) is 0. The third kappa shape index (κ3) is 5.04. The normalized spacial score (nSPS) is 27.6. The summed E-state index contributed by atoms with van der Waals surface area (Å²) in [6, 6.07) is 5.49. The second kappa shape index (κ2) is 8.96. The molecule has 1 aromatic rings. The number of piperidine rings is 2. The third-order valence-electron chi connectivity index (χ3n) is 5.97. The van der Waals surface area contributed by atoms with Crippen molar-refractivity contribution in [2.45, 2.75) is 51.2 Å². The topological polar surface area (TPSA) is 19.0 Å². The number of ether oxygens (including phenoxy) is 1. The Labute approximate surface area is 156 Å². The van der Waals surface area contributed by atoms with Gasteiger partial charge < -0.3 is 4.74 Å². The minimum atomic E-state index is 0.741. The van der Waals surface area contributed by atoms with E-state index in [2.05, 4.69) is 26.8 Å². The Morgan fingerprint density at radius 3 is 2.28 bits per heavy atom. The molecular weight excluding hydrogens is 330 g/mol. The summed E-state index contributed by atoms with van der Waals surface area (Å²) >= 11 is 2.04. The first-order valence-electron chi connectivity index (χ1n) is 10.2. The number of nitrogens with zero attached hydrogens (tertiary/aromatic N) is 3. The average molecular weight is 364 g/mol. The van der Waals surface area contributed by atoms with Gasteiger partial charge in [-0.1, -0.05) is 6.42 Å². The molecule has 3 aliphatic rings. The van der Waals surface area contributed by atoms with Gasteiger partial charge in [-0.3, -0.25) is 14.7 Å². The number of thiophene rings is 1. The highest BCUT2D eigenvalue weighted by Crippen LogP contribution is 2.24. The summed E-state index contributed by atoms with van der Waals surface area (Å²) in [5.74, 6) is 0. The molecule has 1 atom stereocenters. The van der Waals surface area contributed by atoms with Gasteiger partial charge in [0.05, 0.1) is 13.2 Å². The summed E-state index contributed by atoms with van der Waals surface area (Å²) in [5.41, 5.74) is 0. The van der Waals surface area contributed by atoms with Crippen LogP contribution in [-0.2, 0) is 17.8 Å². The van der Waals surface area contributed by atoms with Crippen molar-refractivity contribution >= 4 is 11.3 Å². The minimum absolute atomic E-state index is 0.741. The van der Waals surface area contributed by atoms with Crippen LogP contribution in [0.3, 0.4) is 0 Å². The molecule has 0 bridgehead atoms. The van der Waals surface area contributed by atoms with Crippen LogP contribution in [0.5, 0.6) is 0 Å². The van der Waals surface area contributed by atoms with Gasteiger partial charge in [0, 0.05) is 48.5 Å². The smallest absolute Gasteiger partial charge is 0.0594 e. The molecule has 0 radical (unpaired) electrons. The lowest BCUT2D eigenvalue weighted by atomic mass is 10.0. The molecule has 4 rings (SSSR count). The van der Waals surface area contributed by atoms with Crippen LogP contribution in [0, 0.1) is 0 Å². The molecule has 0 saturated carbocycles. The second-order valence-corrected chi connectivity index (χ2v) is 9.14. The highest BCUT2D eigenvalue weighted by molar-refractivity contribution is 7.11. The molecule has 0 aliphatic carbocycles. The maximum Gasteiger partial charge on any atom is 0.0594 e. The van der Waals surface area contributed by atoms with E-state index in [1.54, 1.807) is 9.75 Å². The van der Waals surface area contributed by atoms with E-state index in [4.69, 9.17) is 4.74 Å². The summed E-state index contributed by atoms with van der Waals surface area (Å²) < 4.78 is 5.52. The highest BCUT2D eigenvalue weighted by atomic mass is 32.1. The van der Waals surface area contributed by atoms with Crippen molar-refractivity contribution in [2.24, 2.45) is 0 Å². The summed E-state index contributed by atoms with van der Waals surface area (Å²) in [4.78, 5) is 11.1.